The molecule has 0 unspecified atom stereocenters. The summed E-state index contributed by atoms with van der Waals surface area (Å²) in [4.78, 5) is 17.1. The van der Waals surface area contributed by atoms with Crippen LogP contribution in [0.15, 0.2) is 0 Å². The van der Waals surface area contributed by atoms with E-state index in [1.165, 1.54) is 44.9 Å². The van der Waals surface area contributed by atoms with E-state index in [0.717, 1.165) is 57.1 Å². The van der Waals surface area contributed by atoms with Crippen molar-refractivity contribution in [2.24, 2.45) is 5.92 Å². The predicted octanol–water partition coefficient (Wildman–Crippen LogP) is 2.24. The third kappa shape index (κ3) is 4.23. The summed E-state index contributed by atoms with van der Waals surface area (Å²) in [6.07, 6.45) is 10.3. The second kappa shape index (κ2) is 7.78. The van der Waals surface area contributed by atoms with Crippen LogP contribution in [0.5, 0.6) is 0 Å². The second-order valence-electron chi connectivity index (χ2n) is 7.43. The Labute approximate surface area is 135 Å². The zero-order valence-electron chi connectivity index (χ0n) is 14.2. The highest BCUT2D eigenvalue weighted by atomic mass is 16.2. The molecule has 3 rings (SSSR count). The minimum atomic E-state index is 0.370. The standard InChI is InChI=1S/C18H33N3O/c1-2-15-3-5-16(6-4-15)21(17-7-8-17)12-9-18(22)20-13-10-19-11-14-20/h15-17,19H,2-14H2,1H3. The summed E-state index contributed by atoms with van der Waals surface area (Å²) in [6.45, 7) is 7.02. The van der Waals surface area contributed by atoms with Crippen molar-refractivity contribution in [1.29, 1.82) is 0 Å². The van der Waals surface area contributed by atoms with Crippen LogP contribution in [0.2, 0.25) is 0 Å². The van der Waals surface area contributed by atoms with Crippen LogP contribution < -0.4 is 5.32 Å². The Kier molecular flexibility index (Phi) is 5.75. The van der Waals surface area contributed by atoms with E-state index >= 15 is 0 Å². The van der Waals surface area contributed by atoms with E-state index in [-0.39, 0.29) is 0 Å². The molecule has 1 amide bonds. The van der Waals surface area contributed by atoms with Crippen molar-refractivity contribution in [3.8, 4) is 0 Å². The average molecular weight is 307 g/mol. The summed E-state index contributed by atoms with van der Waals surface area (Å²) in [5.74, 6) is 1.33. The van der Waals surface area contributed by atoms with Gasteiger partial charge in [0.1, 0.15) is 0 Å². The normalized spacial score (nSPS) is 29.8. The van der Waals surface area contributed by atoms with Crippen LogP contribution in [0.3, 0.4) is 0 Å². The molecule has 4 heteroatoms. The Hall–Kier alpha value is -0.610. The molecule has 0 aromatic rings. The Morgan fingerprint density at radius 1 is 1.05 bits per heavy atom. The number of nitrogens with zero attached hydrogens (tertiary/aromatic N) is 2. The first-order chi connectivity index (χ1) is 10.8. The first-order valence-corrected chi connectivity index (χ1v) is 9.52. The van der Waals surface area contributed by atoms with Crippen LogP contribution in [0.4, 0.5) is 0 Å². The number of carbonyl (C=O) groups excluding carboxylic acids is 1. The van der Waals surface area contributed by atoms with Crippen LogP contribution in [-0.2, 0) is 4.79 Å². The minimum Gasteiger partial charge on any atom is -0.340 e. The van der Waals surface area contributed by atoms with Crippen LogP contribution in [0, 0.1) is 5.92 Å². The Morgan fingerprint density at radius 2 is 1.64 bits per heavy atom. The highest BCUT2D eigenvalue weighted by molar-refractivity contribution is 5.76. The molecule has 0 aromatic carbocycles. The van der Waals surface area contributed by atoms with Crippen LogP contribution in [-0.4, -0.2) is 60.5 Å². The number of rotatable bonds is 6. The van der Waals surface area contributed by atoms with Gasteiger partial charge in [0.2, 0.25) is 5.91 Å². The van der Waals surface area contributed by atoms with Gasteiger partial charge in [0, 0.05) is 51.2 Å². The number of hydrogen-bond acceptors (Lipinski definition) is 3. The van der Waals surface area contributed by atoms with Gasteiger partial charge in [-0.3, -0.25) is 9.69 Å². The van der Waals surface area contributed by atoms with Gasteiger partial charge in [-0.25, -0.2) is 0 Å². The van der Waals surface area contributed by atoms with E-state index < -0.39 is 0 Å². The topological polar surface area (TPSA) is 35.6 Å². The first kappa shape index (κ1) is 16.3. The largest absolute Gasteiger partial charge is 0.340 e. The number of nitrogens with one attached hydrogen (secondary N) is 1. The number of carbonyl (C=O) groups is 1. The molecule has 22 heavy (non-hydrogen) atoms. The van der Waals surface area contributed by atoms with Gasteiger partial charge in [0.15, 0.2) is 0 Å². The fourth-order valence-electron chi connectivity index (χ4n) is 4.25. The molecule has 1 aliphatic heterocycles. The molecule has 2 saturated carbocycles. The average Bonchev–Trinajstić information content (AvgIpc) is 3.41. The van der Waals surface area contributed by atoms with Crippen LogP contribution >= 0.6 is 0 Å². The van der Waals surface area contributed by atoms with E-state index in [1.807, 2.05) is 0 Å². The monoisotopic (exact) mass is 307 g/mol. The Bertz CT molecular complexity index is 355. The zero-order valence-corrected chi connectivity index (χ0v) is 14.2. The van der Waals surface area contributed by atoms with Crippen molar-refractivity contribution in [2.45, 2.75) is 70.4 Å². The smallest absolute Gasteiger partial charge is 0.223 e. The van der Waals surface area contributed by atoms with Crippen LogP contribution in [0.1, 0.15) is 58.3 Å². The first-order valence-electron chi connectivity index (χ1n) is 9.52. The lowest BCUT2D eigenvalue weighted by atomic mass is 9.84. The molecular formula is C18H33N3O. The van der Waals surface area contributed by atoms with Crippen molar-refractivity contribution >= 4 is 5.91 Å². The van der Waals surface area contributed by atoms with Gasteiger partial charge in [-0.2, -0.15) is 0 Å². The zero-order chi connectivity index (χ0) is 15.4. The predicted molar refractivity (Wildman–Crippen MR) is 89.8 cm³/mol. The number of hydrogen-bond donors (Lipinski definition) is 1. The maximum Gasteiger partial charge on any atom is 0.223 e. The molecule has 1 N–H and O–H groups in total. The SMILES string of the molecule is CCC1CCC(N(CCC(=O)N2CCNCC2)C2CC2)CC1. The third-order valence-electron chi connectivity index (χ3n) is 5.93. The van der Waals surface area contributed by atoms with E-state index in [1.54, 1.807) is 0 Å². The van der Waals surface area contributed by atoms with Crippen LogP contribution in [0.25, 0.3) is 0 Å². The highest BCUT2D eigenvalue weighted by Gasteiger charge is 2.35. The lowest BCUT2D eigenvalue weighted by molar-refractivity contribution is -0.132. The minimum absolute atomic E-state index is 0.370. The second-order valence-corrected chi connectivity index (χ2v) is 7.43. The van der Waals surface area contributed by atoms with Gasteiger partial charge in [0.25, 0.3) is 0 Å². The van der Waals surface area contributed by atoms with Gasteiger partial charge in [-0.15, -0.1) is 0 Å². The molecular weight excluding hydrogens is 274 g/mol. The van der Waals surface area contributed by atoms with Crippen molar-refractivity contribution in [2.75, 3.05) is 32.7 Å². The van der Waals surface area contributed by atoms with Gasteiger partial charge >= 0.3 is 0 Å². The molecule has 3 fully saturated rings. The molecule has 1 saturated heterocycles. The van der Waals surface area contributed by atoms with E-state index in [9.17, 15) is 4.79 Å². The summed E-state index contributed by atoms with van der Waals surface area (Å²) in [7, 11) is 0. The van der Waals surface area contributed by atoms with Crippen molar-refractivity contribution in [3.05, 3.63) is 0 Å². The molecule has 0 aromatic heterocycles. The third-order valence-corrected chi connectivity index (χ3v) is 5.93. The Morgan fingerprint density at radius 3 is 2.18 bits per heavy atom. The molecule has 4 nitrogen and oxygen atoms in total. The molecule has 0 spiro atoms. The summed E-state index contributed by atoms with van der Waals surface area (Å²) < 4.78 is 0. The van der Waals surface area contributed by atoms with Gasteiger partial charge in [-0.05, 0) is 44.4 Å². The molecule has 0 atom stereocenters. The molecule has 3 aliphatic rings. The van der Waals surface area contributed by atoms with Gasteiger partial charge in [-0.1, -0.05) is 13.3 Å². The van der Waals surface area contributed by atoms with E-state index in [2.05, 4.69) is 22.0 Å². The maximum absolute atomic E-state index is 12.4. The molecule has 0 radical (unpaired) electrons. The van der Waals surface area contributed by atoms with Crippen molar-refractivity contribution in [3.63, 3.8) is 0 Å². The summed E-state index contributed by atoms with van der Waals surface area (Å²) in [5, 5.41) is 3.32. The van der Waals surface area contributed by atoms with Gasteiger partial charge in [0.05, 0.1) is 0 Å². The van der Waals surface area contributed by atoms with Gasteiger partial charge < -0.3 is 10.2 Å². The lowest BCUT2D eigenvalue weighted by Gasteiger charge is -2.37. The number of piperazine rings is 1. The summed E-state index contributed by atoms with van der Waals surface area (Å²) in [6, 6.07) is 1.55. The van der Waals surface area contributed by atoms with Crippen molar-refractivity contribution in [1.82, 2.24) is 15.1 Å². The number of amides is 1. The molecule has 0 bridgehead atoms. The van der Waals surface area contributed by atoms with E-state index in [0.29, 0.717) is 5.91 Å². The molecule has 2 aliphatic carbocycles. The summed E-state index contributed by atoms with van der Waals surface area (Å²) in [5.41, 5.74) is 0. The Balaban J connectivity index is 1.46. The fraction of sp³-hybridized carbons (Fsp3) is 0.944. The highest BCUT2D eigenvalue weighted by Crippen LogP contribution is 2.36. The van der Waals surface area contributed by atoms with E-state index in [4.69, 9.17) is 0 Å². The maximum atomic E-state index is 12.4. The molecule has 1 heterocycles. The lowest BCUT2D eigenvalue weighted by Crippen LogP contribution is -2.48. The fourth-order valence-corrected chi connectivity index (χ4v) is 4.25. The van der Waals surface area contributed by atoms with Crippen molar-refractivity contribution < 1.29 is 4.79 Å². The summed E-state index contributed by atoms with van der Waals surface area (Å²) >= 11 is 0. The molecule has 126 valence electrons. The quantitative estimate of drug-likeness (QED) is 0.817.